The zero-order chi connectivity index (χ0) is 28.0. The average molecular weight is 540 g/mol. The van der Waals surface area contributed by atoms with E-state index in [0.29, 0.717) is 36.4 Å². The summed E-state index contributed by atoms with van der Waals surface area (Å²) >= 11 is 0. The summed E-state index contributed by atoms with van der Waals surface area (Å²) in [6.07, 6.45) is 0.420. The SMILES string of the molecule is Cc1ccc(S(=O)(=O)OCCCOc2ccc(Cn3c(C)c(C#N)c(-c4ccc(C#N)cc4)c3C)cc2)cc1. The maximum Gasteiger partial charge on any atom is 0.296 e. The van der Waals surface area contributed by atoms with Crippen LogP contribution in [0, 0.1) is 43.4 Å². The summed E-state index contributed by atoms with van der Waals surface area (Å²) in [7, 11) is -3.78. The minimum Gasteiger partial charge on any atom is -0.494 e. The number of rotatable bonds is 10. The van der Waals surface area contributed by atoms with Crippen LogP contribution in [0.25, 0.3) is 11.1 Å². The predicted octanol–water partition coefficient (Wildman–Crippen LogP) is 6.05. The highest BCUT2D eigenvalue weighted by atomic mass is 32.2. The maximum atomic E-state index is 12.3. The molecule has 0 radical (unpaired) electrons. The zero-order valence-electron chi connectivity index (χ0n) is 22.1. The Labute approximate surface area is 229 Å². The van der Waals surface area contributed by atoms with Crippen molar-refractivity contribution in [2.75, 3.05) is 13.2 Å². The molecular weight excluding hydrogens is 510 g/mol. The van der Waals surface area contributed by atoms with Crippen molar-refractivity contribution >= 4 is 10.1 Å². The van der Waals surface area contributed by atoms with Crippen LogP contribution in [0.5, 0.6) is 5.75 Å². The Morgan fingerprint density at radius 2 is 1.46 bits per heavy atom. The van der Waals surface area contributed by atoms with Gasteiger partial charge in [-0.15, -0.1) is 0 Å². The summed E-state index contributed by atoms with van der Waals surface area (Å²) in [6, 6.07) is 26.0. The molecular formula is C31H29N3O4S. The molecule has 0 aliphatic carbocycles. The van der Waals surface area contributed by atoms with Crippen LogP contribution in [0.4, 0.5) is 0 Å². The monoisotopic (exact) mass is 539 g/mol. The van der Waals surface area contributed by atoms with Gasteiger partial charge in [-0.3, -0.25) is 4.18 Å². The highest BCUT2D eigenvalue weighted by molar-refractivity contribution is 7.86. The quantitative estimate of drug-likeness (QED) is 0.180. The number of benzene rings is 3. The second-order valence-corrected chi connectivity index (χ2v) is 10.9. The minimum absolute atomic E-state index is 0.0310. The largest absolute Gasteiger partial charge is 0.494 e. The summed E-state index contributed by atoms with van der Waals surface area (Å²) in [5.41, 5.74) is 6.89. The second kappa shape index (κ2) is 12.0. The lowest BCUT2D eigenvalue weighted by atomic mass is 10.0. The lowest BCUT2D eigenvalue weighted by Crippen LogP contribution is -2.10. The molecule has 39 heavy (non-hydrogen) atoms. The van der Waals surface area contributed by atoms with Gasteiger partial charge in [-0.1, -0.05) is 42.0 Å². The smallest absolute Gasteiger partial charge is 0.296 e. The van der Waals surface area contributed by atoms with Crippen molar-refractivity contribution in [3.8, 4) is 29.0 Å². The molecule has 0 bridgehead atoms. The Hall–Kier alpha value is -4.37. The first kappa shape index (κ1) is 27.7. The summed E-state index contributed by atoms with van der Waals surface area (Å²) < 4.78 is 37.5. The molecule has 3 aromatic carbocycles. The first-order valence-electron chi connectivity index (χ1n) is 12.5. The van der Waals surface area contributed by atoms with Crippen LogP contribution in [-0.2, 0) is 20.8 Å². The number of ether oxygens (including phenoxy) is 1. The molecule has 4 aromatic rings. The fourth-order valence-corrected chi connectivity index (χ4v) is 5.33. The van der Waals surface area contributed by atoms with E-state index in [-0.39, 0.29) is 11.5 Å². The third-order valence-corrected chi connectivity index (χ3v) is 7.89. The first-order chi connectivity index (χ1) is 18.7. The Bertz CT molecular complexity index is 1640. The molecule has 0 N–H and O–H groups in total. The molecule has 1 heterocycles. The van der Waals surface area contributed by atoms with Crippen LogP contribution in [0.15, 0.2) is 77.7 Å². The summed E-state index contributed by atoms with van der Waals surface area (Å²) in [4.78, 5) is 0.142. The van der Waals surface area contributed by atoms with Gasteiger partial charge >= 0.3 is 0 Å². The van der Waals surface area contributed by atoms with Gasteiger partial charge in [0.25, 0.3) is 10.1 Å². The third-order valence-electron chi connectivity index (χ3n) is 6.57. The fourth-order valence-electron chi connectivity index (χ4n) is 4.39. The topological polar surface area (TPSA) is 105 Å². The van der Waals surface area contributed by atoms with Gasteiger partial charge in [0.15, 0.2) is 0 Å². The van der Waals surface area contributed by atoms with Crippen LogP contribution in [0.2, 0.25) is 0 Å². The third kappa shape index (κ3) is 6.38. The molecule has 8 heteroatoms. The molecule has 0 amide bonds. The molecule has 0 fully saturated rings. The molecule has 0 atom stereocenters. The van der Waals surface area contributed by atoms with Gasteiger partial charge in [-0.2, -0.15) is 18.9 Å². The summed E-state index contributed by atoms with van der Waals surface area (Å²) in [5.74, 6) is 0.678. The van der Waals surface area contributed by atoms with Gasteiger partial charge in [0.2, 0.25) is 0 Å². The predicted molar refractivity (Wildman–Crippen MR) is 149 cm³/mol. The molecule has 198 valence electrons. The van der Waals surface area contributed by atoms with E-state index in [0.717, 1.165) is 33.6 Å². The molecule has 0 saturated heterocycles. The zero-order valence-corrected chi connectivity index (χ0v) is 23.0. The standard InChI is InChI=1S/C31H29N3O4S/c1-22-5-15-29(16-6-22)39(35,36)38-18-4-17-37-28-13-9-26(10-14-28)21-34-23(2)30(20-33)31(24(34)3)27-11-7-25(19-32)8-12-27/h5-16H,4,17-18,21H2,1-3H3. The van der Waals surface area contributed by atoms with Gasteiger partial charge in [0, 0.05) is 29.9 Å². The van der Waals surface area contributed by atoms with Gasteiger partial charge in [-0.05, 0) is 68.3 Å². The molecule has 7 nitrogen and oxygen atoms in total. The summed E-state index contributed by atoms with van der Waals surface area (Å²) in [6.45, 7) is 6.77. The van der Waals surface area contributed by atoms with E-state index in [1.54, 1.807) is 24.3 Å². The van der Waals surface area contributed by atoms with Crippen molar-refractivity contribution in [3.63, 3.8) is 0 Å². The Kier molecular flexibility index (Phi) is 8.51. The molecule has 0 spiro atoms. The summed E-state index contributed by atoms with van der Waals surface area (Å²) in [5, 5.41) is 19.0. The highest BCUT2D eigenvalue weighted by Crippen LogP contribution is 2.32. The number of aromatic nitrogens is 1. The van der Waals surface area contributed by atoms with E-state index >= 15 is 0 Å². The number of nitriles is 2. The molecule has 0 aliphatic rings. The normalized spacial score (nSPS) is 11.1. The Morgan fingerprint density at radius 3 is 2.08 bits per heavy atom. The Morgan fingerprint density at radius 1 is 0.795 bits per heavy atom. The van der Waals surface area contributed by atoms with E-state index in [2.05, 4.69) is 16.7 Å². The molecule has 0 saturated carbocycles. The van der Waals surface area contributed by atoms with E-state index in [1.807, 2.05) is 57.2 Å². The van der Waals surface area contributed by atoms with Crippen LogP contribution in [-0.4, -0.2) is 26.2 Å². The van der Waals surface area contributed by atoms with Gasteiger partial charge in [0.05, 0.1) is 35.3 Å². The first-order valence-corrected chi connectivity index (χ1v) is 13.9. The van der Waals surface area contributed by atoms with Gasteiger partial charge in [0.1, 0.15) is 11.8 Å². The van der Waals surface area contributed by atoms with Crippen molar-refractivity contribution < 1.29 is 17.3 Å². The van der Waals surface area contributed by atoms with Crippen molar-refractivity contribution in [2.45, 2.75) is 38.6 Å². The highest BCUT2D eigenvalue weighted by Gasteiger charge is 2.19. The van der Waals surface area contributed by atoms with E-state index in [4.69, 9.17) is 14.2 Å². The number of hydrogen-bond donors (Lipinski definition) is 0. The van der Waals surface area contributed by atoms with Crippen LogP contribution >= 0.6 is 0 Å². The maximum absolute atomic E-state index is 12.3. The fraction of sp³-hybridized carbons (Fsp3) is 0.226. The van der Waals surface area contributed by atoms with Crippen LogP contribution < -0.4 is 4.74 Å². The van der Waals surface area contributed by atoms with Gasteiger partial charge in [-0.25, -0.2) is 0 Å². The van der Waals surface area contributed by atoms with Crippen molar-refractivity contribution in [1.82, 2.24) is 4.57 Å². The van der Waals surface area contributed by atoms with Crippen LogP contribution in [0.1, 0.15) is 40.1 Å². The molecule has 0 unspecified atom stereocenters. The van der Waals surface area contributed by atoms with Crippen molar-refractivity contribution in [2.24, 2.45) is 0 Å². The van der Waals surface area contributed by atoms with E-state index in [9.17, 15) is 13.7 Å². The minimum atomic E-state index is -3.78. The van der Waals surface area contributed by atoms with Crippen LogP contribution in [0.3, 0.4) is 0 Å². The second-order valence-electron chi connectivity index (χ2n) is 9.24. The van der Waals surface area contributed by atoms with Gasteiger partial charge < -0.3 is 9.30 Å². The number of hydrogen-bond acceptors (Lipinski definition) is 6. The lowest BCUT2D eigenvalue weighted by molar-refractivity contribution is 0.250. The molecule has 4 rings (SSSR count). The van der Waals surface area contributed by atoms with E-state index in [1.165, 1.54) is 12.1 Å². The van der Waals surface area contributed by atoms with Crippen molar-refractivity contribution in [3.05, 3.63) is 106 Å². The van der Waals surface area contributed by atoms with E-state index < -0.39 is 10.1 Å². The van der Waals surface area contributed by atoms with Crippen molar-refractivity contribution in [1.29, 1.82) is 10.5 Å². The Balaban J connectivity index is 1.35. The number of aryl methyl sites for hydroxylation is 1. The lowest BCUT2D eigenvalue weighted by Gasteiger charge is -2.12. The number of nitrogens with zero attached hydrogens (tertiary/aromatic N) is 3. The average Bonchev–Trinajstić information content (AvgIpc) is 3.18. The molecule has 0 aliphatic heterocycles. The molecule has 1 aromatic heterocycles.